The second kappa shape index (κ2) is 6.31. The van der Waals surface area contributed by atoms with Crippen LogP contribution in [0, 0.1) is 11.7 Å². The maximum atomic E-state index is 13.7. The number of ether oxygens (including phenoxy) is 1. The van der Waals surface area contributed by atoms with E-state index in [1.165, 1.54) is 12.5 Å². The van der Waals surface area contributed by atoms with E-state index in [9.17, 15) is 4.39 Å². The van der Waals surface area contributed by atoms with Gasteiger partial charge in [0.1, 0.15) is 0 Å². The van der Waals surface area contributed by atoms with Crippen molar-refractivity contribution < 1.29 is 9.13 Å². The third-order valence-corrected chi connectivity index (χ3v) is 3.81. The van der Waals surface area contributed by atoms with Crippen molar-refractivity contribution in [2.24, 2.45) is 5.92 Å². The predicted octanol–water partition coefficient (Wildman–Crippen LogP) is 2.19. The van der Waals surface area contributed by atoms with E-state index in [4.69, 9.17) is 10.5 Å². The van der Waals surface area contributed by atoms with Crippen molar-refractivity contribution >= 4 is 11.4 Å². The molecule has 5 heteroatoms. The number of hydrogen-bond donors (Lipinski definition) is 1. The lowest BCUT2D eigenvalue weighted by Crippen LogP contribution is -2.27. The zero-order chi connectivity index (χ0) is 14.7. The standard InChI is InChI=1S/C15H24FN3O/c1-4-20-15-8-14(13(17)7-12(15)16)19(3)10-11-5-6-18(2)9-11/h7-8,11H,4-6,9-10,17H2,1-3H3. The Kier molecular flexibility index (Phi) is 4.70. The zero-order valence-electron chi connectivity index (χ0n) is 12.5. The van der Waals surface area contributed by atoms with Gasteiger partial charge in [0, 0.05) is 32.3 Å². The monoisotopic (exact) mass is 281 g/mol. The van der Waals surface area contributed by atoms with Gasteiger partial charge in [0.2, 0.25) is 0 Å². The summed E-state index contributed by atoms with van der Waals surface area (Å²) in [5, 5.41) is 0. The number of nitrogen functional groups attached to an aromatic ring is 1. The fraction of sp³-hybridized carbons (Fsp3) is 0.600. The van der Waals surface area contributed by atoms with Gasteiger partial charge in [-0.1, -0.05) is 0 Å². The van der Waals surface area contributed by atoms with Gasteiger partial charge >= 0.3 is 0 Å². The molecule has 0 aromatic heterocycles. The fourth-order valence-corrected chi connectivity index (χ4v) is 2.82. The number of likely N-dealkylation sites (tertiary alicyclic amines) is 1. The minimum atomic E-state index is -0.401. The van der Waals surface area contributed by atoms with Gasteiger partial charge in [-0.3, -0.25) is 0 Å². The van der Waals surface area contributed by atoms with Crippen LogP contribution < -0.4 is 15.4 Å². The van der Waals surface area contributed by atoms with Crippen LogP contribution in [-0.2, 0) is 0 Å². The number of hydrogen-bond acceptors (Lipinski definition) is 4. The highest BCUT2D eigenvalue weighted by atomic mass is 19.1. The number of benzene rings is 1. The van der Waals surface area contributed by atoms with Crippen molar-refractivity contribution in [2.75, 3.05) is 51.0 Å². The zero-order valence-corrected chi connectivity index (χ0v) is 12.5. The summed E-state index contributed by atoms with van der Waals surface area (Å²) < 4.78 is 19.0. The molecule has 2 N–H and O–H groups in total. The molecule has 1 aromatic rings. The largest absolute Gasteiger partial charge is 0.491 e. The van der Waals surface area contributed by atoms with Crippen LogP contribution >= 0.6 is 0 Å². The van der Waals surface area contributed by atoms with Crippen LogP contribution in [0.3, 0.4) is 0 Å². The number of halogens is 1. The lowest BCUT2D eigenvalue weighted by atomic mass is 10.1. The third kappa shape index (κ3) is 3.33. The van der Waals surface area contributed by atoms with Crippen molar-refractivity contribution in [1.82, 2.24) is 4.90 Å². The fourth-order valence-electron chi connectivity index (χ4n) is 2.82. The molecular formula is C15H24FN3O. The molecule has 1 fully saturated rings. The van der Waals surface area contributed by atoms with Gasteiger partial charge < -0.3 is 20.3 Å². The third-order valence-electron chi connectivity index (χ3n) is 3.81. The average molecular weight is 281 g/mol. The molecule has 1 aliphatic rings. The molecular weight excluding hydrogens is 257 g/mol. The van der Waals surface area contributed by atoms with Crippen molar-refractivity contribution in [3.63, 3.8) is 0 Å². The summed E-state index contributed by atoms with van der Waals surface area (Å²) in [6.45, 7) is 5.45. The summed E-state index contributed by atoms with van der Waals surface area (Å²) in [5.74, 6) is 0.499. The van der Waals surface area contributed by atoms with Crippen LogP contribution in [0.5, 0.6) is 5.75 Å². The normalized spacial score (nSPS) is 19.3. The molecule has 0 radical (unpaired) electrons. The summed E-state index contributed by atoms with van der Waals surface area (Å²) >= 11 is 0. The minimum Gasteiger partial charge on any atom is -0.491 e. The van der Waals surface area contributed by atoms with Crippen LogP contribution in [-0.4, -0.2) is 45.2 Å². The maximum Gasteiger partial charge on any atom is 0.167 e. The van der Waals surface area contributed by atoms with Crippen LogP contribution in [0.4, 0.5) is 15.8 Å². The molecule has 1 aliphatic heterocycles. The first-order valence-corrected chi connectivity index (χ1v) is 7.12. The van der Waals surface area contributed by atoms with Gasteiger partial charge in [0.25, 0.3) is 0 Å². The van der Waals surface area contributed by atoms with E-state index in [1.807, 2.05) is 14.0 Å². The molecule has 0 spiro atoms. The Hall–Kier alpha value is -1.49. The van der Waals surface area contributed by atoms with Gasteiger partial charge in [0.15, 0.2) is 11.6 Å². The predicted molar refractivity (Wildman–Crippen MR) is 80.9 cm³/mol. The van der Waals surface area contributed by atoms with E-state index in [-0.39, 0.29) is 5.75 Å². The van der Waals surface area contributed by atoms with Gasteiger partial charge in [-0.25, -0.2) is 4.39 Å². The van der Waals surface area contributed by atoms with Crippen LogP contribution in [0.25, 0.3) is 0 Å². The van der Waals surface area contributed by atoms with E-state index >= 15 is 0 Å². The molecule has 4 nitrogen and oxygen atoms in total. The second-order valence-electron chi connectivity index (χ2n) is 5.57. The summed E-state index contributed by atoms with van der Waals surface area (Å²) in [6, 6.07) is 3.05. The molecule has 0 saturated carbocycles. The van der Waals surface area contributed by atoms with Gasteiger partial charge in [-0.2, -0.15) is 0 Å². The topological polar surface area (TPSA) is 41.7 Å². The Morgan fingerprint density at radius 3 is 2.85 bits per heavy atom. The Morgan fingerprint density at radius 2 is 2.25 bits per heavy atom. The van der Waals surface area contributed by atoms with Crippen molar-refractivity contribution in [3.8, 4) is 5.75 Å². The van der Waals surface area contributed by atoms with E-state index < -0.39 is 5.82 Å². The van der Waals surface area contributed by atoms with E-state index in [0.717, 1.165) is 25.3 Å². The Labute approximate surface area is 120 Å². The number of nitrogens with two attached hydrogens (primary N) is 1. The lowest BCUT2D eigenvalue weighted by Gasteiger charge is -2.25. The molecule has 1 atom stereocenters. The maximum absolute atomic E-state index is 13.7. The molecule has 1 unspecified atom stereocenters. The quantitative estimate of drug-likeness (QED) is 0.840. The molecule has 1 heterocycles. The van der Waals surface area contributed by atoms with Crippen LogP contribution in [0.2, 0.25) is 0 Å². The second-order valence-corrected chi connectivity index (χ2v) is 5.57. The number of rotatable bonds is 5. The first-order chi connectivity index (χ1) is 9.51. The first kappa shape index (κ1) is 14.9. The van der Waals surface area contributed by atoms with Gasteiger partial charge in [-0.05, 0) is 32.9 Å². The highest BCUT2D eigenvalue weighted by Gasteiger charge is 2.22. The summed E-state index contributed by atoms with van der Waals surface area (Å²) in [7, 11) is 4.14. The Bertz CT molecular complexity index is 467. The Morgan fingerprint density at radius 1 is 1.50 bits per heavy atom. The summed E-state index contributed by atoms with van der Waals surface area (Å²) in [5.41, 5.74) is 7.24. The Balaban J connectivity index is 2.12. The SMILES string of the molecule is CCOc1cc(N(C)CC2CCN(C)C2)c(N)cc1F. The lowest BCUT2D eigenvalue weighted by molar-refractivity contribution is 0.321. The molecule has 20 heavy (non-hydrogen) atoms. The van der Waals surface area contributed by atoms with Gasteiger partial charge in [-0.15, -0.1) is 0 Å². The minimum absolute atomic E-state index is 0.270. The number of anilines is 2. The van der Waals surface area contributed by atoms with Crippen molar-refractivity contribution in [1.29, 1.82) is 0 Å². The van der Waals surface area contributed by atoms with Crippen LogP contribution in [0.1, 0.15) is 13.3 Å². The van der Waals surface area contributed by atoms with E-state index in [1.54, 1.807) is 6.07 Å². The van der Waals surface area contributed by atoms with Crippen molar-refractivity contribution in [2.45, 2.75) is 13.3 Å². The van der Waals surface area contributed by atoms with Crippen molar-refractivity contribution in [3.05, 3.63) is 17.9 Å². The highest BCUT2D eigenvalue weighted by Crippen LogP contribution is 2.31. The summed E-state index contributed by atoms with van der Waals surface area (Å²) in [4.78, 5) is 4.43. The van der Waals surface area contributed by atoms with E-state index in [0.29, 0.717) is 18.2 Å². The molecule has 1 aromatic carbocycles. The average Bonchev–Trinajstić information content (AvgIpc) is 2.78. The molecule has 0 amide bonds. The molecule has 2 rings (SSSR count). The first-order valence-electron chi connectivity index (χ1n) is 7.12. The molecule has 0 bridgehead atoms. The summed E-state index contributed by atoms with van der Waals surface area (Å²) in [6.07, 6.45) is 1.19. The highest BCUT2D eigenvalue weighted by molar-refractivity contribution is 5.69. The van der Waals surface area contributed by atoms with Crippen LogP contribution in [0.15, 0.2) is 12.1 Å². The molecule has 112 valence electrons. The smallest absolute Gasteiger partial charge is 0.167 e. The molecule has 0 aliphatic carbocycles. The number of nitrogens with zero attached hydrogens (tertiary/aromatic N) is 2. The van der Waals surface area contributed by atoms with E-state index in [2.05, 4.69) is 16.8 Å². The molecule has 1 saturated heterocycles. The van der Waals surface area contributed by atoms with Gasteiger partial charge in [0.05, 0.1) is 18.0 Å².